The summed E-state index contributed by atoms with van der Waals surface area (Å²) in [6, 6.07) is 3.40. The molecule has 8 nitrogen and oxygen atoms in total. The second-order valence-electron chi connectivity index (χ2n) is 6.53. The number of ether oxygens (including phenoxy) is 1. The number of hydrogen-bond donors (Lipinski definition) is 1. The van der Waals surface area contributed by atoms with Crippen LogP contribution in [0.1, 0.15) is 45.8 Å². The third kappa shape index (κ3) is 4.78. The minimum atomic E-state index is -0.230. The first-order valence-electron chi connectivity index (χ1n) is 8.95. The highest BCUT2D eigenvalue weighted by Crippen LogP contribution is 2.15. The van der Waals surface area contributed by atoms with Crippen molar-refractivity contribution in [3.05, 3.63) is 47.7 Å². The molecule has 3 heterocycles. The Balaban J connectivity index is 1.57. The van der Waals surface area contributed by atoms with E-state index in [0.717, 1.165) is 18.5 Å². The van der Waals surface area contributed by atoms with Crippen LogP contribution in [0.4, 0.5) is 0 Å². The summed E-state index contributed by atoms with van der Waals surface area (Å²) in [5.41, 5.74) is 1.61. The molecular formula is C19H23N5O3. The predicted octanol–water partition coefficient (Wildman–Crippen LogP) is 1.61. The van der Waals surface area contributed by atoms with Crippen LogP contribution in [-0.4, -0.2) is 57.9 Å². The van der Waals surface area contributed by atoms with Crippen LogP contribution in [-0.2, 0) is 0 Å². The van der Waals surface area contributed by atoms with Crippen molar-refractivity contribution >= 4 is 11.8 Å². The number of likely N-dealkylation sites (tertiary alicyclic amines) is 1. The summed E-state index contributed by atoms with van der Waals surface area (Å²) >= 11 is 0. The maximum Gasteiger partial charge on any atom is 0.271 e. The number of pyridine rings is 1. The summed E-state index contributed by atoms with van der Waals surface area (Å²) in [5, 5.41) is 3.00. The molecule has 1 N–H and O–H groups in total. The normalized spacial score (nSPS) is 17.1. The average molecular weight is 369 g/mol. The number of aryl methyl sites for hydroxylation is 1. The molecule has 2 aromatic rings. The first kappa shape index (κ1) is 18.8. The van der Waals surface area contributed by atoms with Crippen molar-refractivity contribution in [1.82, 2.24) is 25.2 Å². The minimum absolute atomic E-state index is 0.00685. The Morgan fingerprint density at radius 2 is 1.96 bits per heavy atom. The van der Waals surface area contributed by atoms with Gasteiger partial charge in [-0.15, -0.1) is 0 Å². The number of amides is 2. The number of carbonyl (C=O) groups excluding carboxylic acids is 2. The van der Waals surface area contributed by atoms with Gasteiger partial charge in [0.25, 0.3) is 11.8 Å². The molecule has 0 radical (unpaired) electrons. The Labute approximate surface area is 158 Å². The number of aromatic nitrogens is 3. The summed E-state index contributed by atoms with van der Waals surface area (Å²) in [6.07, 6.45) is 6.91. The van der Waals surface area contributed by atoms with Gasteiger partial charge in [-0.3, -0.25) is 14.6 Å². The van der Waals surface area contributed by atoms with E-state index in [1.807, 2.05) is 6.92 Å². The van der Waals surface area contributed by atoms with Gasteiger partial charge in [-0.1, -0.05) is 0 Å². The van der Waals surface area contributed by atoms with Gasteiger partial charge in [-0.2, -0.15) is 0 Å². The van der Waals surface area contributed by atoms with E-state index >= 15 is 0 Å². The SMILES string of the molecule is COc1ccc(C(=O)N2CCC[C@@H](NC(=O)c3cnc(C)cn3)CC2)cn1. The van der Waals surface area contributed by atoms with Gasteiger partial charge in [0.2, 0.25) is 5.88 Å². The Hall–Kier alpha value is -3.03. The van der Waals surface area contributed by atoms with Crippen molar-refractivity contribution in [2.24, 2.45) is 0 Å². The lowest BCUT2D eigenvalue weighted by molar-refractivity contribution is 0.0760. The van der Waals surface area contributed by atoms with Crippen molar-refractivity contribution in [3.8, 4) is 5.88 Å². The molecular weight excluding hydrogens is 346 g/mol. The highest BCUT2D eigenvalue weighted by molar-refractivity contribution is 5.94. The Kier molecular flexibility index (Phi) is 5.95. The number of nitrogens with one attached hydrogen (secondary N) is 1. The van der Waals surface area contributed by atoms with E-state index in [2.05, 4.69) is 20.3 Å². The van der Waals surface area contributed by atoms with Crippen molar-refractivity contribution in [1.29, 1.82) is 0 Å². The van der Waals surface area contributed by atoms with Crippen LogP contribution in [0.2, 0.25) is 0 Å². The second-order valence-corrected chi connectivity index (χ2v) is 6.53. The van der Waals surface area contributed by atoms with Gasteiger partial charge in [0.05, 0.1) is 24.6 Å². The van der Waals surface area contributed by atoms with E-state index in [-0.39, 0.29) is 17.9 Å². The third-order valence-corrected chi connectivity index (χ3v) is 4.56. The zero-order valence-electron chi connectivity index (χ0n) is 15.5. The summed E-state index contributed by atoms with van der Waals surface area (Å²) in [4.78, 5) is 39.1. The highest BCUT2D eigenvalue weighted by Gasteiger charge is 2.23. The number of nitrogens with zero attached hydrogens (tertiary/aromatic N) is 4. The van der Waals surface area contributed by atoms with Crippen LogP contribution in [0.5, 0.6) is 5.88 Å². The third-order valence-electron chi connectivity index (χ3n) is 4.56. The van der Waals surface area contributed by atoms with Gasteiger partial charge in [-0.05, 0) is 32.3 Å². The van der Waals surface area contributed by atoms with Crippen LogP contribution >= 0.6 is 0 Å². The summed E-state index contributed by atoms with van der Waals surface area (Å²) in [7, 11) is 1.54. The fourth-order valence-electron chi connectivity index (χ4n) is 3.02. The van der Waals surface area contributed by atoms with Crippen molar-refractivity contribution in [2.75, 3.05) is 20.2 Å². The lowest BCUT2D eigenvalue weighted by Gasteiger charge is -2.21. The van der Waals surface area contributed by atoms with Gasteiger partial charge in [0.15, 0.2) is 0 Å². The Morgan fingerprint density at radius 1 is 1.11 bits per heavy atom. The predicted molar refractivity (Wildman–Crippen MR) is 98.6 cm³/mol. The first-order chi connectivity index (χ1) is 13.1. The molecule has 142 valence electrons. The molecule has 1 aliphatic rings. The molecule has 1 aliphatic heterocycles. The molecule has 3 rings (SSSR count). The molecule has 0 saturated carbocycles. The van der Waals surface area contributed by atoms with Gasteiger partial charge in [0, 0.05) is 37.6 Å². The van der Waals surface area contributed by atoms with Crippen molar-refractivity contribution in [2.45, 2.75) is 32.2 Å². The molecule has 0 aromatic carbocycles. The summed E-state index contributed by atoms with van der Waals surface area (Å²) in [6.45, 7) is 3.06. The van der Waals surface area contributed by atoms with Crippen LogP contribution in [0.3, 0.4) is 0 Å². The van der Waals surface area contributed by atoms with Crippen LogP contribution in [0.15, 0.2) is 30.7 Å². The first-order valence-corrected chi connectivity index (χ1v) is 8.95. The lowest BCUT2D eigenvalue weighted by atomic mass is 10.1. The van der Waals surface area contributed by atoms with E-state index in [1.165, 1.54) is 19.5 Å². The van der Waals surface area contributed by atoms with Crippen molar-refractivity contribution < 1.29 is 14.3 Å². The Bertz CT molecular complexity index is 792. The van der Waals surface area contributed by atoms with E-state index in [9.17, 15) is 9.59 Å². The van der Waals surface area contributed by atoms with Crippen LogP contribution in [0.25, 0.3) is 0 Å². The maximum atomic E-state index is 12.7. The van der Waals surface area contributed by atoms with Crippen LogP contribution < -0.4 is 10.1 Å². The average Bonchev–Trinajstić information content (AvgIpc) is 2.93. The molecule has 0 spiro atoms. The molecule has 8 heteroatoms. The molecule has 1 atom stereocenters. The topological polar surface area (TPSA) is 97.3 Å². The van der Waals surface area contributed by atoms with E-state index in [4.69, 9.17) is 4.74 Å². The van der Waals surface area contributed by atoms with Gasteiger partial charge >= 0.3 is 0 Å². The molecule has 0 bridgehead atoms. The number of hydrogen-bond acceptors (Lipinski definition) is 6. The number of carbonyl (C=O) groups is 2. The zero-order chi connectivity index (χ0) is 19.2. The number of rotatable bonds is 4. The standard InChI is InChI=1S/C19H23N5O3/c1-13-10-21-16(12-20-13)18(25)23-15-4-3-8-24(9-7-15)19(26)14-5-6-17(27-2)22-11-14/h5-6,10-12,15H,3-4,7-9H2,1-2H3,(H,23,25)/t15-/m1/s1. The Morgan fingerprint density at radius 3 is 2.63 bits per heavy atom. The number of methoxy groups -OCH3 is 1. The molecule has 0 unspecified atom stereocenters. The van der Waals surface area contributed by atoms with Gasteiger partial charge in [0.1, 0.15) is 5.69 Å². The maximum absolute atomic E-state index is 12.7. The molecule has 2 amide bonds. The molecule has 27 heavy (non-hydrogen) atoms. The second kappa shape index (κ2) is 8.57. The van der Waals surface area contributed by atoms with E-state index in [0.29, 0.717) is 36.6 Å². The molecule has 2 aromatic heterocycles. The minimum Gasteiger partial charge on any atom is -0.481 e. The molecule has 0 aliphatic carbocycles. The van der Waals surface area contributed by atoms with E-state index in [1.54, 1.807) is 23.2 Å². The fraction of sp³-hybridized carbons (Fsp3) is 0.421. The highest BCUT2D eigenvalue weighted by atomic mass is 16.5. The summed E-state index contributed by atoms with van der Waals surface area (Å²) < 4.78 is 5.02. The fourth-order valence-corrected chi connectivity index (χ4v) is 3.02. The molecule has 1 saturated heterocycles. The largest absolute Gasteiger partial charge is 0.481 e. The van der Waals surface area contributed by atoms with Crippen molar-refractivity contribution in [3.63, 3.8) is 0 Å². The quantitative estimate of drug-likeness (QED) is 0.879. The van der Waals surface area contributed by atoms with Gasteiger partial charge < -0.3 is 15.0 Å². The monoisotopic (exact) mass is 369 g/mol. The van der Waals surface area contributed by atoms with E-state index < -0.39 is 0 Å². The van der Waals surface area contributed by atoms with Crippen LogP contribution in [0, 0.1) is 6.92 Å². The zero-order valence-corrected chi connectivity index (χ0v) is 15.5. The lowest BCUT2D eigenvalue weighted by Crippen LogP contribution is -2.37. The smallest absolute Gasteiger partial charge is 0.271 e. The molecule has 1 fully saturated rings. The van der Waals surface area contributed by atoms with Gasteiger partial charge in [-0.25, -0.2) is 9.97 Å². The summed E-state index contributed by atoms with van der Waals surface area (Å²) in [5.74, 6) is 0.192.